The van der Waals surface area contributed by atoms with E-state index >= 15 is 0 Å². The number of rotatable bonds is 6. The number of nitrogens with zero attached hydrogens (tertiary/aromatic N) is 2. The highest BCUT2D eigenvalue weighted by Crippen LogP contribution is 2.08. The largest absolute Gasteiger partial charge is 0.350 e. The van der Waals surface area contributed by atoms with Crippen LogP contribution in [0.3, 0.4) is 0 Å². The topological polar surface area (TPSA) is 46.9 Å². The van der Waals surface area contributed by atoms with Gasteiger partial charge in [0.15, 0.2) is 0 Å². The predicted octanol–water partition coefficient (Wildman–Crippen LogP) is 2.60. The fourth-order valence-electron chi connectivity index (χ4n) is 2.23. The van der Waals surface area contributed by atoms with Gasteiger partial charge in [0.2, 0.25) is 5.91 Å². The van der Waals surface area contributed by atoms with Gasteiger partial charge in [-0.15, -0.1) is 0 Å². The van der Waals surface area contributed by atoms with E-state index < -0.39 is 0 Å². The standard InChI is InChI=1S/C16H21N3O/c1-13-8-9-14(2)19(13)11-5-7-16(20)18-12-15-6-3-4-10-17-15/h3-4,6,8-10H,5,7,11-12H2,1-2H3,(H,18,20). The van der Waals surface area contributed by atoms with Crippen molar-refractivity contribution in [1.29, 1.82) is 0 Å². The summed E-state index contributed by atoms with van der Waals surface area (Å²) >= 11 is 0. The predicted molar refractivity (Wildman–Crippen MR) is 79.2 cm³/mol. The number of aromatic nitrogens is 2. The Morgan fingerprint density at radius 2 is 1.95 bits per heavy atom. The summed E-state index contributed by atoms with van der Waals surface area (Å²) < 4.78 is 2.24. The Morgan fingerprint density at radius 1 is 1.20 bits per heavy atom. The number of carbonyl (C=O) groups excluding carboxylic acids is 1. The molecule has 2 aromatic heterocycles. The first-order valence-corrected chi connectivity index (χ1v) is 6.96. The summed E-state index contributed by atoms with van der Waals surface area (Å²) in [5, 5.41) is 2.90. The van der Waals surface area contributed by atoms with Crippen molar-refractivity contribution in [2.24, 2.45) is 0 Å². The van der Waals surface area contributed by atoms with Crippen molar-refractivity contribution in [3.8, 4) is 0 Å². The van der Waals surface area contributed by atoms with Crippen LogP contribution in [0.2, 0.25) is 0 Å². The molecule has 0 fully saturated rings. The number of carbonyl (C=O) groups is 1. The number of nitrogens with one attached hydrogen (secondary N) is 1. The number of hydrogen-bond acceptors (Lipinski definition) is 2. The highest BCUT2D eigenvalue weighted by Gasteiger charge is 2.04. The van der Waals surface area contributed by atoms with Crippen LogP contribution in [-0.2, 0) is 17.9 Å². The summed E-state index contributed by atoms with van der Waals surface area (Å²) in [6, 6.07) is 9.92. The summed E-state index contributed by atoms with van der Waals surface area (Å²) in [7, 11) is 0. The molecule has 0 saturated heterocycles. The maximum Gasteiger partial charge on any atom is 0.220 e. The van der Waals surface area contributed by atoms with E-state index in [1.807, 2.05) is 18.2 Å². The first-order chi connectivity index (χ1) is 9.66. The third-order valence-corrected chi connectivity index (χ3v) is 3.40. The van der Waals surface area contributed by atoms with Gasteiger partial charge in [0, 0.05) is 30.6 Å². The van der Waals surface area contributed by atoms with Crippen molar-refractivity contribution < 1.29 is 4.79 Å². The molecule has 4 heteroatoms. The molecule has 0 unspecified atom stereocenters. The van der Waals surface area contributed by atoms with Gasteiger partial charge in [-0.1, -0.05) is 6.07 Å². The van der Waals surface area contributed by atoms with Crippen molar-refractivity contribution in [2.45, 2.75) is 39.8 Å². The van der Waals surface area contributed by atoms with Crippen LogP contribution >= 0.6 is 0 Å². The lowest BCUT2D eigenvalue weighted by Crippen LogP contribution is -2.23. The van der Waals surface area contributed by atoms with Gasteiger partial charge < -0.3 is 9.88 Å². The van der Waals surface area contributed by atoms with Crippen molar-refractivity contribution in [2.75, 3.05) is 0 Å². The summed E-state index contributed by atoms with van der Waals surface area (Å²) in [5.74, 6) is 0.0816. The first kappa shape index (κ1) is 14.3. The van der Waals surface area contributed by atoms with Crippen LogP contribution in [0.25, 0.3) is 0 Å². The lowest BCUT2D eigenvalue weighted by molar-refractivity contribution is -0.121. The summed E-state index contributed by atoms with van der Waals surface area (Å²) in [4.78, 5) is 15.9. The fourth-order valence-corrected chi connectivity index (χ4v) is 2.23. The zero-order valence-corrected chi connectivity index (χ0v) is 12.1. The molecule has 2 aromatic rings. The Morgan fingerprint density at radius 3 is 2.60 bits per heavy atom. The number of amides is 1. The molecule has 0 aliphatic heterocycles. The molecule has 1 amide bonds. The lowest BCUT2D eigenvalue weighted by atomic mass is 10.2. The number of aryl methyl sites for hydroxylation is 2. The second-order valence-corrected chi connectivity index (χ2v) is 4.97. The Hall–Kier alpha value is -2.10. The van der Waals surface area contributed by atoms with Gasteiger partial charge in [0.25, 0.3) is 0 Å². The van der Waals surface area contributed by atoms with Crippen LogP contribution in [0.5, 0.6) is 0 Å². The van der Waals surface area contributed by atoms with Crippen LogP contribution in [0.15, 0.2) is 36.5 Å². The normalized spacial score (nSPS) is 10.5. The lowest BCUT2D eigenvalue weighted by Gasteiger charge is -2.09. The molecule has 0 bridgehead atoms. The van der Waals surface area contributed by atoms with Gasteiger partial charge >= 0.3 is 0 Å². The smallest absolute Gasteiger partial charge is 0.220 e. The summed E-state index contributed by atoms with van der Waals surface area (Å²) in [5.41, 5.74) is 3.38. The van der Waals surface area contributed by atoms with E-state index in [1.54, 1.807) is 6.20 Å². The molecular weight excluding hydrogens is 250 g/mol. The SMILES string of the molecule is Cc1ccc(C)n1CCCC(=O)NCc1ccccn1. The quantitative estimate of drug-likeness (QED) is 0.878. The van der Waals surface area contributed by atoms with Crippen LogP contribution in [0.4, 0.5) is 0 Å². The van der Waals surface area contributed by atoms with Crippen molar-refractivity contribution in [1.82, 2.24) is 14.9 Å². The second kappa shape index (κ2) is 6.89. The maximum absolute atomic E-state index is 11.8. The summed E-state index contributed by atoms with van der Waals surface area (Å²) in [6.07, 6.45) is 3.13. The minimum absolute atomic E-state index is 0.0816. The average Bonchev–Trinajstić information content (AvgIpc) is 2.78. The maximum atomic E-state index is 11.8. The second-order valence-electron chi connectivity index (χ2n) is 4.97. The van der Waals surface area contributed by atoms with Gasteiger partial charge in [-0.25, -0.2) is 0 Å². The Labute approximate surface area is 119 Å². The monoisotopic (exact) mass is 271 g/mol. The van der Waals surface area contributed by atoms with E-state index in [4.69, 9.17) is 0 Å². The zero-order chi connectivity index (χ0) is 14.4. The van der Waals surface area contributed by atoms with Crippen molar-refractivity contribution >= 4 is 5.91 Å². The molecular formula is C16H21N3O. The van der Waals surface area contributed by atoms with Gasteiger partial charge in [0.05, 0.1) is 12.2 Å². The van der Waals surface area contributed by atoms with Crippen LogP contribution in [-0.4, -0.2) is 15.5 Å². The molecule has 0 aromatic carbocycles. The van der Waals surface area contributed by atoms with Crippen molar-refractivity contribution in [3.63, 3.8) is 0 Å². The molecule has 0 aliphatic carbocycles. The van der Waals surface area contributed by atoms with E-state index in [0.717, 1.165) is 18.7 Å². The van der Waals surface area contributed by atoms with Gasteiger partial charge in [-0.05, 0) is 44.5 Å². The Kier molecular flexibility index (Phi) is 4.93. The molecule has 106 valence electrons. The third-order valence-electron chi connectivity index (χ3n) is 3.40. The Balaban J connectivity index is 1.71. The van der Waals surface area contributed by atoms with Gasteiger partial charge in [-0.2, -0.15) is 0 Å². The number of hydrogen-bond donors (Lipinski definition) is 1. The summed E-state index contributed by atoms with van der Waals surface area (Å²) in [6.45, 7) is 5.57. The van der Waals surface area contributed by atoms with E-state index in [9.17, 15) is 4.79 Å². The van der Waals surface area contributed by atoms with Crippen molar-refractivity contribution in [3.05, 3.63) is 53.6 Å². The van der Waals surface area contributed by atoms with Gasteiger partial charge in [0.1, 0.15) is 0 Å². The van der Waals surface area contributed by atoms with E-state index in [2.05, 4.69) is 40.8 Å². The average molecular weight is 271 g/mol. The molecule has 0 spiro atoms. The molecule has 0 saturated carbocycles. The minimum atomic E-state index is 0.0816. The molecule has 2 heterocycles. The highest BCUT2D eigenvalue weighted by molar-refractivity contribution is 5.75. The molecule has 1 N–H and O–H groups in total. The first-order valence-electron chi connectivity index (χ1n) is 6.96. The minimum Gasteiger partial charge on any atom is -0.350 e. The fraction of sp³-hybridized carbons (Fsp3) is 0.375. The van der Waals surface area contributed by atoms with Crippen LogP contribution < -0.4 is 5.32 Å². The highest BCUT2D eigenvalue weighted by atomic mass is 16.1. The molecule has 0 radical (unpaired) electrons. The molecule has 0 aliphatic rings. The zero-order valence-electron chi connectivity index (χ0n) is 12.1. The molecule has 20 heavy (non-hydrogen) atoms. The Bertz CT molecular complexity index is 541. The van der Waals surface area contributed by atoms with Gasteiger partial charge in [-0.3, -0.25) is 9.78 Å². The molecule has 4 nitrogen and oxygen atoms in total. The van der Waals surface area contributed by atoms with Crippen LogP contribution in [0.1, 0.15) is 29.9 Å². The van der Waals surface area contributed by atoms with E-state index in [0.29, 0.717) is 13.0 Å². The number of pyridine rings is 1. The van der Waals surface area contributed by atoms with E-state index in [1.165, 1.54) is 11.4 Å². The molecule has 0 atom stereocenters. The third kappa shape index (κ3) is 3.95. The van der Waals surface area contributed by atoms with Crippen LogP contribution in [0, 0.1) is 13.8 Å². The van der Waals surface area contributed by atoms with E-state index in [-0.39, 0.29) is 5.91 Å². The molecule has 2 rings (SSSR count).